The second-order valence-electron chi connectivity index (χ2n) is 4.36. The lowest BCUT2D eigenvalue weighted by atomic mass is 9.82. The van der Waals surface area contributed by atoms with Crippen LogP contribution in [-0.2, 0) is 9.53 Å². The summed E-state index contributed by atoms with van der Waals surface area (Å²) in [6, 6.07) is 0. The van der Waals surface area contributed by atoms with Crippen LogP contribution in [0.2, 0.25) is 0 Å². The molecule has 0 N–H and O–H groups in total. The average molecular weight is 166 g/mol. The number of rotatable bonds is 1. The summed E-state index contributed by atoms with van der Waals surface area (Å²) in [6.07, 6.45) is 5.98. The first-order valence-electron chi connectivity index (χ1n) is 4.43. The second kappa shape index (κ2) is 2.12. The summed E-state index contributed by atoms with van der Waals surface area (Å²) in [5.74, 6) is 0.192. The van der Waals surface area contributed by atoms with Crippen molar-refractivity contribution in [2.45, 2.75) is 38.7 Å². The summed E-state index contributed by atoms with van der Waals surface area (Å²) in [6.45, 7) is 4.24. The molecule has 0 aromatic heterocycles. The van der Waals surface area contributed by atoms with Crippen LogP contribution in [0.3, 0.4) is 0 Å². The smallest absolute Gasteiger partial charge is 0.162 e. The minimum Gasteiger partial charge on any atom is -0.494 e. The van der Waals surface area contributed by atoms with Crippen molar-refractivity contribution in [2.75, 3.05) is 0 Å². The highest BCUT2D eigenvalue weighted by Crippen LogP contribution is 2.57. The molecule has 2 aliphatic rings. The molecule has 66 valence electrons. The van der Waals surface area contributed by atoms with Gasteiger partial charge in [-0.1, -0.05) is 6.92 Å². The van der Waals surface area contributed by atoms with Gasteiger partial charge < -0.3 is 4.74 Å². The number of allylic oxidation sites excluding steroid dienone is 1. The predicted molar refractivity (Wildman–Crippen MR) is 45.6 cm³/mol. The monoisotopic (exact) mass is 166 g/mol. The van der Waals surface area contributed by atoms with E-state index in [0.717, 1.165) is 0 Å². The number of carbonyl (C=O) groups is 1. The molecule has 2 heteroatoms. The molecule has 0 aromatic rings. The number of ether oxygens (including phenoxy) is 1. The van der Waals surface area contributed by atoms with E-state index in [0.29, 0.717) is 6.42 Å². The van der Waals surface area contributed by atoms with Crippen LogP contribution >= 0.6 is 0 Å². The van der Waals surface area contributed by atoms with Crippen molar-refractivity contribution in [3.8, 4) is 0 Å². The van der Waals surface area contributed by atoms with Crippen molar-refractivity contribution in [3.05, 3.63) is 12.3 Å². The van der Waals surface area contributed by atoms with Gasteiger partial charge in [0.1, 0.15) is 5.60 Å². The maximum atomic E-state index is 11.2. The Hall–Kier alpha value is -0.790. The molecule has 1 heterocycles. The van der Waals surface area contributed by atoms with Crippen LogP contribution in [-0.4, -0.2) is 11.4 Å². The number of carbonyl (C=O) groups excluding carboxylic acids is 1. The van der Waals surface area contributed by atoms with Gasteiger partial charge in [-0.15, -0.1) is 0 Å². The third-order valence-electron chi connectivity index (χ3n) is 3.37. The van der Waals surface area contributed by atoms with Gasteiger partial charge in [-0.2, -0.15) is 0 Å². The van der Waals surface area contributed by atoms with E-state index in [1.807, 2.05) is 6.92 Å². The minimum absolute atomic E-state index is 0.192. The zero-order valence-corrected chi connectivity index (χ0v) is 7.59. The highest BCUT2D eigenvalue weighted by atomic mass is 16.5. The molecule has 12 heavy (non-hydrogen) atoms. The van der Waals surface area contributed by atoms with Gasteiger partial charge in [0.2, 0.25) is 0 Å². The summed E-state index contributed by atoms with van der Waals surface area (Å²) in [7, 11) is 0. The Morgan fingerprint density at radius 3 is 2.58 bits per heavy atom. The van der Waals surface area contributed by atoms with Crippen molar-refractivity contribution in [3.63, 3.8) is 0 Å². The van der Waals surface area contributed by atoms with Crippen LogP contribution in [0.5, 0.6) is 0 Å². The fraction of sp³-hybridized carbons (Fsp3) is 0.700. The average Bonchev–Trinajstić information content (AvgIpc) is 2.69. The number of hydrogen-bond acceptors (Lipinski definition) is 2. The zero-order chi connectivity index (χ0) is 8.82. The lowest BCUT2D eigenvalue weighted by Gasteiger charge is -2.36. The van der Waals surface area contributed by atoms with Gasteiger partial charge in [0.25, 0.3) is 0 Å². The lowest BCUT2D eigenvalue weighted by Crippen LogP contribution is -2.40. The molecule has 1 unspecified atom stereocenters. The SMILES string of the molecule is CC1(C2(C)CC(=O)C=CO2)CC1. The largest absolute Gasteiger partial charge is 0.494 e. The first kappa shape index (κ1) is 7.84. The Balaban J connectivity index is 2.22. The summed E-state index contributed by atoms with van der Waals surface area (Å²) in [5, 5.41) is 0. The van der Waals surface area contributed by atoms with E-state index in [1.165, 1.54) is 18.9 Å². The molecule has 0 aromatic carbocycles. The Bertz CT molecular complexity index is 251. The van der Waals surface area contributed by atoms with E-state index in [-0.39, 0.29) is 16.8 Å². The summed E-state index contributed by atoms with van der Waals surface area (Å²) in [4.78, 5) is 11.2. The zero-order valence-electron chi connectivity index (χ0n) is 7.59. The van der Waals surface area contributed by atoms with Crippen LogP contribution in [0.25, 0.3) is 0 Å². The maximum Gasteiger partial charge on any atom is 0.162 e. The molecule has 1 atom stereocenters. The van der Waals surface area contributed by atoms with Crippen LogP contribution in [0.1, 0.15) is 33.1 Å². The van der Waals surface area contributed by atoms with Crippen molar-refractivity contribution in [1.29, 1.82) is 0 Å². The Labute approximate surface area is 72.6 Å². The van der Waals surface area contributed by atoms with Crippen LogP contribution in [0.4, 0.5) is 0 Å². The molecule has 2 nitrogen and oxygen atoms in total. The molecular weight excluding hydrogens is 152 g/mol. The fourth-order valence-corrected chi connectivity index (χ4v) is 1.77. The fourth-order valence-electron chi connectivity index (χ4n) is 1.77. The predicted octanol–water partition coefficient (Wildman–Crippen LogP) is 2.05. The van der Waals surface area contributed by atoms with Gasteiger partial charge in [0, 0.05) is 11.5 Å². The van der Waals surface area contributed by atoms with Gasteiger partial charge in [-0.25, -0.2) is 0 Å². The topological polar surface area (TPSA) is 26.3 Å². The van der Waals surface area contributed by atoms with E-state index in [2.05, 4.69) is 6.92 Å². The molecule has 0 saturated heterocycles. The summed E-state index contributed by atoms with van der Waals surface area (Å²) in [5.41, 5.74) is 0.00620. The summed E-state index contributed by atoms with van der Waals surface area (Å²) < 4.78 is 5.56. The standard InChI is InChI=1S/C10H14O2/c1-9(4-5-9)10(2)7-8(11)3-6-12-10/h3,6H,4-5,7H2,1-2H3. The quantitative estimate of drug-likeness (QED) is 0.596. The van der Waals surface area contributed by atoms with E-state index < -0.39 is 0 Å². The van der Waals surface area contributed by atoms with E-state index in [9.17, 15) is 4.79 Å². The number of ketones is 1. The molecule has 1 aliphatic carbocycles. The Morgan fingerprint density at radius 1 is 1.42 bits per heavy atom. The van der Waals surface area contributed by atoms with Gasteiger partial charge in [0.15, 0.2) is 5.78 Å². The molecule has 1 fully saturated rings. The lowest BCUT2D eigenvalue weighted by molar-refractivity contribution is -0.125. The van der Waals surface area contributed by atoms with Crippen LogP contribution in [0.15, 0.2) is 12.3 Å². The molecule has 1 aliphatic heterocycles. The van der Waals surface area contributed by atoms with Crippen molar-refractivity contribution >= 4 is 5.78 Å². The van der Waals surface area contributed by atoms with Crippen molar-refractivity contribution in [1.82, 2.24) is 0 Å². The molecule has 2 rings (SSSR count). The molecule has 1 saturated carbocycles. The highest BCUT2D eigenvalue weighted by Gasteiger charge is 2.55. The minimum atomic E-state index is -0.237. The number of hydrogen-bond donors (Lipinski definition) is 0. The molecule has 0 bridgehead atoms. The third kappa shape index (κ3) is 0.977. The van der Waals surface area contributed by atoms with Gasteiger partial charge in [0.05, 0.1) is 12.7 Å². The third-order valence-corrected chi connectivity index (χ3v) is 3.37. The molecule has 0 spiro atoms. The highest BCUT2D eigenvalue weighted by molar-refractivity contribution is 5.91. The second-order valence-corrected chi connectivity index (χ2v) is 4.36. The van der Waals surface area contributed by atoms with Gasteiger partial charge in [-0.05, 0) is 19.8 Å². The molecular formula is C10H14O2. The van der Waals surface area contributed by atoms with Crippen LogP contribution in [0, 0.1) is 5.41 Å². The van der Waals surface area contributed by atoms with Crippen molar-refractivity contribution < 1.29 is 9.53 Å². The van der Waals surface area contributed by atoms with Crippen molar-refractivity contribution in [2.24, 2.45) is 5.41 Å². The van der Waals surface area contributed by atoms with E-state index >= 15 is 0 Å². The Morgan fingerprint density at radius 2 is 2.08 bits per heavy atom. The summed E-state index contributed by atoms with van der Waals surface area (Å²) >= 11 is 0. The van der Waals surface area contributed by atoms with Gasteiger partial charge >= 0.3 is 0 Å². The molecule has 0 radical (unpaired) electrons. The van der Waals surface area contributed by atoms with E-state index in [4.69, 9.17) is 4.74 Å². The van der Waals surface area contributed by atoms with Gasteiger partial charge in [-0.3, -0.25) is 4.79 Å². The van der Waals surface area contributed by atoms with Crippen LogP contribution < -0.4 is 0 Å². The first-order chi connectivity index (χ1) is 5.56. The van der Waals surface area contributed by atoms with E-state index in [1.54, 1.807) is 6.26 Å². The maximum absolute atomic E-state index is 11.2. The first-order valence-corrected chi connectivity index (χ1v) is 4.43. The Kier molecular flexibility index (Phi) is 1.39. The normalized spacial score (nSPS) is 37.7. The molecule has 0 amide bonds.